The zero-order valence-electron chi connectivity index (χ0n) is 8.04. The van der Waals surface area contributed by atoms with Gasteiger partial charge >= 0.3 is 0 Å². The molecule has 1 aromatic carbocycles. The lowest BCUT2D eigenvalue weighted by molar-refractivity contribution is 1.15. The van der Waals surface area contributed by atoms with E-state index in [0.717, 1.165) is 12.1 Å². The van der Waals surface area contributed by atoms with E-state index in [-0.39, 0.29) is 0 Å². The minimum absolute atomic E-state index is 1.07. The van der Waals surface area contributed by atoms with Gasteiger partial charge in [-0.1, -0.05) is 25.1 Å². The highest BCUT2D eigenvalue weighted by molar-refractivity contribution is 5.85. The molecule has 1 aromatic heterocycles. The van der Waals surface area contributed by atoms with Crippen molar-refractivity contribution in [1.82, 2.24) is 4.98 Å². The molecule has 0 radical (unpaired) electrons. The van der Waals surface area contributed by atoms with Crippen LogP contribution in [0.3, 0.4) is 0 Å². The number of aromatic nitrogens is 1. The molecule has 0 aliphatic carbocycles. The first-order valence-electron chi connectivity index (χ1n) is 4.65. The van der Waals surface area contributed by atoms with E-state index < -0.39 is 0 Å². The predicted octanol–water partition coefficient (Wildman–Crippen LogP) is 3.11. The molecule has 1 heterocycles. The second kappa shape index (κ2) is 3.17. The normalized spacial score (nSPS) is 10.6. The van der Waals surface area contributed by atoms with Crippen LogP contribution < -0.4 is 0 Å². The Kier molecular flexibility index (Phi) is 2.01. The zero-order valence-corrected chi connectivity index (χ0v) is 8.04. The molecule has 0 spiro atoms. The predicted molar refractivity (Wildman–Crippen MR) is 55.9 cm³/mol. The lowest BCUT2D eigenvalue weighted by Gasteiger charge is -2.03. The van der Waals surface area contributed by atoms with E-state index in [9.17, 15) is 0 Å². The van der Waals surface area contributed by atoms with Crippen molar-refractivity contribution < 1.29 is 0 Å². The molecule has 2 aromatic rings. The second-order valence-electron chi connectivity index (χ2n) is 3.32. The second-order valence-corrected chi connectivity index (χ2v) is 3.32. The number of aryl methyl sites for hydroxylation is 2. The van der Waals surface area contributed by atoms with Gasteiger partial charge in [-0.3, -0.25) is 4.98 Å². The molecule has 0 bridgehead atoms. The Bertz CT molecular complexity index is 432. The molecule has 0 amide bonds. The minimum atomic E-state index is 1.07. The van der Waals surface area contributed by atoms with Gasteiger partial charge in [-0.05, 0) is 30.4 Å². The van der Waals surface area contributed by atoms with Gasteiger partial charge in [-0.2, -0.15) is 0 Å². The lowest BCUT2D eigenvalue weighted by atomic mass is 10.0. The van der Waals surface area contributed by atoms with E-state index in [0.29, 0.717) is 0 Å². The maximum atomic E-state index is 4.32. The Morgan fingerprint density at radius 2 is 2.15 bits per heavy atom. The molecule has 0 N–H and O–H groups in total. The van der Waals surface area contributed by atoms with Gasteiger partial charge in [0.25, 0.3) is 0 Å². The Morgan fingerprint density at radius 3 is 2.92 bits per heavy atom. The maximum Gasteiger partial charge on any atom is 0.0379 e. The average Bonchev–Trinajstić information content (AvgIpc) is 2.16. The third kappa shape index (κ3) is 1.42. The van der Waals surface area contributed by atoms with Gasteiger partial charge in [0.05, 0.1) is 0 Å². The van der Waals surface area contributed by atoms with Crippen molar-refractivity contribution in [3.8, 4) is 0 Å². The van der Waals surface area contributed by atoms with Crippen LogP contribution in [0.4, 0.5) is 0 Å². The van der Waals surface area contributed by atoms with Crippen LogP contribution in [-0.4, -0.2) is 4.98 Å². The first kappa shape index (κ1) is 8.24. The van der Waals surface area contributed by atoms with Crippen LogP contribution in [0.5, 0.6) is 0 Å². The molecule has 0 atom stereocenters. The summed E-state index contributed by atoms with van der Waals surface area (Å²) in [7, 11) is 0. The molecule has 0 aliphatic heterocycles. The highest BCUT2D eigenvalue weighted by atomic mass is 14.7. The highest BCUT2D eigenvalue weighted by Crippen LogP contribution is 2.18. The summed E-state index contributed by atoms with van der Waals surface area (Å²) in [5, 5.41) is 2.59. The minimum Gasteiger partial charge on any atom is -0.261 e. The summed E-state index contributed by atoms with van der Waals surface area (Å²) >= 11 is 0. The van der Waals surface area contributed by atoms with Crippen molar-refractivity contribution in [1.29, 1.82) is 0 Å². The number of hydrogen-bond acceptors (Lipinski definition) is 1. The fourth-order valence-electron chi connectivity index (χ4n) is 1.65. The average molecular weight is 171 g/mol. The van der Waals surface area contributed by atoms with Crippen molar-refractivity contribution in [2.45, 2.75) is 20.3 Å². The molecule has 0 saturated heterocycles. The zero-order chi connectivity index (χ0) is 9.26. The third-order valence-electron chi connectivity index (χ3n) is 2.37. The van der Waals surface area contributed by atoms with Crippen molar-refractivity contribution >= 4 is 10.8 Å². The molecule has 1 nitrogen and oxygen atoms in total. The van der Waals surface area contributed by atoms with E-state index in [1.165, 1.54) is 16.3 Å². The molecule has 2 rings (SSSR count). The van der Waals surface area contributed by atoms with Gasteiger partial charge < -0.3 is 0 Å². The summed E-state index contributed by atoms with van der Waals surface area (Å²) in [5.74, 6) is 0. The number of pyridine rings is 1. The summed E-state index contributed by atoms with van der Waals surface area (Å²) < 4.78 is 0. The fraction of sp³-hybridized carbons (Fsp3) is 0.250. The molecule has 66 valence electrons. The van der Waals surface area contributed by atoms with E-state index in [4.69, 9.17) is 0 Å². The van der Waals surface area contributed by atoms with Gasteiger partial charge in [0.1, 0.15) is 0 Å². The van der Waals surface area contributed by atoms with E-state index in [1.54, 1.807) is 0 Å². The lowest BCUT2D eigenvalue weighted by Crippen LogP contribution is -1.86. The number of nitrogens with zero attached hydrogens (tertiary/aromatic N) is 1. The first-order chi connectivity index (χ1) is 6.31. The van der Waals surface area contributed by atoms with Crippen LogP contribution in [0.1, 0.15) is 18.2 Å². The Balaban J connectivity index is 2.77. The fourth-order valence-corrected chi connectivity index (χ4v) is 1.65. The topological polar surface area (TPSA) is 12.9 Å². The highest BCUT2D eigenvalue weighted by Gasteiger charge is 1.98. The Labute approximate surface area is 78.4 Å². The molecular formula is C12H13N. The Hall–Kier alpha value is -1.37. The van der Waals surface area contributed by atoms with Crippen LogP contribution in [0.15, 0.2) is 30.5 Å². The van der Waals surface area contributed by atoms with Gasteiger partial charge in [0.2, 0.25) is 0 Å². The number of hydrogen-bond donors (Lipinski definition) is 0. The van der Waals surface area contributed by atoms with Crippen molar-refractivity contribution in [2.24, 2.45) is 0 Å². The summed E-state index contributed by atoms with van der Waals surface area (Å²) in [6, 6.07) is 8.55. The maximum absolute atomic E-state index is 4.32. The largest absolute Gasteiger partial charge is 0.261 e. The molecule has 0 aliphatic rings. The van der Waals surface area contributed by atoms with Gasteiger partial charge in [-0.25, -0.2) is 0 Å². The van der Waals surface area contributed by atoms with Gasteiger partial charge in [0, 0.05) is 17.3 Å². The number of fused-ring (bicyclic) bond motifs is 1. The SMILES string of the molecule is CCc1cccc2cc(C)ncc12. The van der Waals surface area contributed by atoms with Crippen molar-refractivity contribution in [3.05, 3.63) is 41.7 Å². The quantitative estimate of drug-likeness (QED) is 0.642. The summed E-state index contributed by atoms with van der Waals surface area (Å²) in [6.07, 6.45) is 3.05. The number of rotatable bonds is 1. The molecule has 13 heavy (non-hydrogen) atoms. The van der Waals surface area contributed by atoms with E-state index in [2.05, 4.69) is 36.2 Å². The first-order valence-corrected chi connectivity index (χ1v) is 4.65. The third-order valence-corrected chi connectivity index (χ3v) is 2.37. The molecule has 0 fully saturated rings. The van der Waals surface area contributed by atoms with E-state index in [1.807, 2.05) is 13.1 Å². The molecular weight excluding hydrogens is 158 g/mol. The Morgan fingerprint density at radius 1 is 1.31 bits per heavy atom. The van der Waals surface area contributed by atoms with Crippen molar-refractivity contribution in [3.63, 3.8) is 0 Å². The monoisotopic (exact) mass is 171 g/mol. The number of benzene rings is 1. The summed E-state index contributed by atoms with van der Waals surface area (Å²) in [6.45, 7) is 4.20. The van der Waals surface area contributed by atoms with Crippen molar-refractivity contribution in [2.75, 3.05) is 0 Å². The van der Waals surface area contributed by atoms with Crippen LogP contribution in [-0.2, 0) is 6.42 Å². The van der Waals surface area contributed by atoms with Crippen LogP contribution in [0.25, 0.3) is 10.8 Å². The summed E-state index contributed by atoms with van der Waals surface area (Å²) in [5.41, 5.74) is 2.46. The molecule has 0 saturated carbocycles. The van der Waals surface area contributed by atoms with Crippen LogP contribution in [0.2, 0.25) is 0 Å². The van der Waals surface area contributed by atoms with Crippen LogP contribution >= 0.6 is 0 Å². The molecule has 1 heteroatoms. The summed E-state index contributed by atoms with van der Waals surface area (Å²) in [4.78, 5) is 4.32. The van der Waals surface area contributed by atoms with E-state index >= 15 is 0 Å². The van der Waals surface area contributed by atoms with Crippen LogP contribution in [0, 0.1) is 6.92 Å². The van der Waals surface area contributed by atoms with Gasteiger partial charge in [0.15, 0.2) is 0 Å². The van der Waals surface area contributed by atoms with Gasteiger partial charge in [-0.15, -0.1) is 0 Å². The standard InChI is InChI=1S/C12H13N/c1-3-10-5-4-6-11-7-9(2)13-8-12(10)11/h4-8H,3H2,1-2H3. The molecule has 0 unspecified atom stereocenters. The smallest absolute Gasteiger partial charge is 0.0379 e.